The third kappa shape index (κ3) is 2.14. The maximum Gasteiger partial charge on any atom is 0.194 e. The number of fused-ring (bicyclic) bond motifs is 1. The van der Waals surface area contributed by atoms with E-state index < -0.39 is 0 Å². The zero-order valence-electron chi connectivity index (χ0n) is 11.8. The molecule has 0 radical (unpaired) electrons. The largest absolute Gasteiger partial charge is 0.495 e. The lowest BCUT2D eigenvalue weighted by Gasteiger charge is -2.11. The summed E-state index contributed by atoms with van der Waals surface area (Å²) in [6.45, 7) is 4.89. The van der Waals surface area contributed by atoms with E-state index in [0.29, 0.717) is 0 Å². The SMILES string of the molecule is COc1ccccc1NCc1c(C)nc2scc(C)n12. The van der Waals surface area contributed by atoms with Crippen molar-refractivity contribution < 1.29 is 4.74 Å². The fourth-order valence-electron chi connectivity index (χ4n) is 2.35. The summed E-state index contributed by atoms with van der Waals surface area (Å²) < 4.78 is 7.57. The highest BCUT2D eigenvalue weighted by atomic mass is 32.1. The van der Waals surface area contributed by atoms with Crippen molar-refractivity contribution in [2.45, 2.75) is 20.4 Å². The summed E-state index contributed by atoms with van der Waals surface area (Å²) in [7, 11) is 1.69. The number of ether oxygens (including phenoxy) is 1. The van der Waals surface area contributed by atoms with E-state index in [-0.39, 0.29) is 0 Å². The van der Waals surface area contributed by atoms with Gasteiger partial charge in [-0.2, -0.15) is 0 Å². The molecule has 0 atom stereocenters. The second-order valence-electron chi connectivity index (χ2n) is 4.69. The quantitative estimate of drug-likeness (QED) is 0.796. The van der Waals surface area contributed by atoms with Crippen LogP contribution in [0.4, 0.5) is 5.69 Å². The molecular weight excluding hydrogens is 270 g/mol. The van der Waals surface area contributed by atoms with Crippen molar-refractivity contribution in [3.05, 3.63) is 46.7 Å². The lowest BCUT2D eigenvalue weighted by Crippen LogP contribution is -2.05. The first-order valence-corrected chi connectivity index (χ1v) is 7.37. The standard InChI is InChI=1S/C15H17N3OS/c1-10-9-20-15-17-11(2)13(18(10)15)8-16-12-6-4-5-7-14(12)19-3/h4-7,9,16H,8H2,1-3H3. The zero-order chi connectivity index (χ0) is 14.1. The molecular formula is C15H17N3OS. The summed E-state index contributed by atoms with van der Waals surface area (Å²) in [6, 6.07) is 7.94. The Kier molecular flexibility index (Phi) is 3.36. The number of hydrogen-bond acceptors (Lipinski definition) is 4. The van der Waals surface area contributed by atoms with Crippen molar-refractivity contribution in [2.24, 2.45) is 0 Å². The van der Waals surface area contributed by atoms with E-state index in [9.17, 15) is 0 Å². The molecule has 2 aromatic heterocycles. The molecule has 1 N–H and O–H groups in total. The number of methoxy groups -OCH3 is 1. The minimum Gasteiger partial charge on any atom is -0.495 e. The molecule has 0 spiro atoms. The van der Waals surface area contributed by atoms with Gasteiger partial charge < -0.3 is 10.1 Å². The number of aromatic nitrogens is 2. The van der Waals surface area contributed by atoms with Gasteiger partial charge in [-0.15, -0.1) is 11.3 Å². The van der Waals surface area contributed by atoms with E-state index in [4.69, 9.17) is 4.74 Å². The normalized spacial score (nSPS) is 10.9. The Bertz CT molecular complexity index is 745. The summed E-state index contributed by atoms with van der Waals surface area (Å²) in [6.07, 6.45) is 0. The predicted molar refractivity (Wildman–Crippen MR) is 82.9 cm³/mol. The summed E-state index contributed by atoms with van der Waals surface area (Å²) in [5.74, 6) is 0.855. The van der Waals surface area contributed by atoms with Gasteiger partial charge in [0.2, 0.25) is 0 Å². The van der Waals surface area contributed by atoms with Crippen LogP contribution in [0.2, 0.25) is 0 Å². The Balaban J connectivity index is 1.90. The highest BCUT2D eigenvalue weighted by Gasteiger charge is 2.12. The molecule has 20 heavy (non-hydrogen) atoms. The van der Waals surface area contributed by atoms with Gasteiger partial charge >= 0.3 is 0 Å². The molecule has 0 bridgehead atoms. The Labute approximate surface area is 122 Å². The van der Waals surface area contributed by atoms with Crippen molar-refractivity contribution in [1.29, 1.82) is 0 Å². The Morgan fingerprint density at radius 3 is 2.90 bits per heavy atom. The van der Waals surface area contributed by atoms with Gasteiger partial charge in [-0.3, -0.25) is 4.40 Å². The molecule has 0 unspecified atom stereocenters. The second-order valence-corrected chi connectivity index (χ2v) is 5.53. The number of anilines is 1. The van der Waals surface area contributed by atoms with Gasteiger partial charge in [0.05, 0.1) is 30.7 Å². The van der Waals surface area contributed by atoms with Gasteiger partial charge in [0.15, 0.2) is 4.96 Å². The topological polar surface area (TPSA) is 38.6 Å². The average Bonchev–Trinajstić information content (AvgIpc) is 2.96. The Morgan fingerprint density at radius 2 is 2.10 bits per heavy atom. The molecule has 2 heterocycles. The highest BCUT2D eigenvalue weighted by molar-refractivity contribution is 7.15. The van der Waals surface area contributed by atoms with E-state index in [1.165, 1.54) is 11.4 Å². The molecule has 1 aromatic carbocycles. The number of thiazole rings is 1. The van der Waals surface area contributed by atoms with Crippen LogP contribution in [0.5, 0.6) is 5.75 Å². The van der Waals surface area contributed by atoms with Crippen LogP contribution >= 0.6 is 11.3 Å². The van der Waals surface area contributed by atoms with E-state index in [1.54, 1.807) is 18.4 Å². The highest BCUT2D eigenvalue weighted by Crippen LogP contribution is 2.25. The molecule has 104 valence electrons. The van der Waals surface area contributed by atoms with Crippen LogP contribution in [0.3, 0.4) is 0 Å². The molecule has 3 aromatic rings. The van der Waals surface area contributed by atoms with Crippen molar-refractivity contribution in [1.82, 2.24) is 9.38 Å². The zero-order valence-corrected chi connectivity index (χ0v) is 12.6. The number of hydrogen-bond donors (Lipinski definition) is 1. The van der Waals surface area contributed by atoms with Gasteiger partial charge in [0, 0.05) is 11.1 Å². The van der Waals surface area contributed by atoms with Gasteiger partial charge in [0.25, 0.3) is 0 Å². The molecule has 0 aliphatic carbocycles. The molecule has 0 saturated heterocycles. The average molecular weight is 287 g/mol. The minimum atomic E-state index is 0.727. The molecule has 0 fully saturated rings. The van der Waals surface area contributed by atoms with Gasteiger partial charge in [0.1, 0.15) is 5.75 Å². The second kappa shape index (κ2) is 5.17. The van der Waals surface area contributed by atoms with E-state index in [2.05, 4.69) is 33.9 Å². The monoisotopic (exact) mass is 287 g/mol. The van der Waals surface area contributed by atoms with E-state index in [0.717, 1.165) is 28.6 Å². The van der Waals surface area contributed by atoms with Crippen molar-refractivity contribution in [3.63, 3.8) is 0 Å². The predicted octanol–water partition coefficient (Wildman–Crippen LogP) is 3.63. The first-order valence-electron chi connectivity index (χ1n) is 6.49. The summed E-state index contributed by atoms with van der Waals surface area (Å²) in [4.78, 5) is 5.65. The third-order valence-electron chi connectivity index (χ3n) is 3.38. The number of aryl methyl sites for hydroxylation is 2. The molecule has 0 aliphatic heterocycles. The summed E-state index contributed by atoms with van der Waals surface area (Å²) in [5.41, 5.74) is 4.49. The lowest BCUT2D eigenvalue weighted by atomic mass is 10.2. The molecule has 3 rings (SSSR count). The maximum absolute atomic E-state index is 5.36. The van der Waals surface area contributed by atoms with Crippen molar-refractivity contribution in [3.8, 4) is 5.75 Å². The Morgan fingerprint density at radius 1 is 1.30 bits per heavy atom. The van der Waals surface area contributed by atoms with Gasteiger partial charge in [-0.05, 0) is 26.0 Å². The van der Waals surface area contributed by atoms with Crippen LogP contribution in [0.1, 0.15) is 17.1 Å². The number of nitrogens with zero attached hydrogens (tertiary/aromatic N) is 2. The van der Waals surface area contributed by atoms with Crippen molar-refractivity contribution >= 4 is 22.0 Å². The van der Waals surface area contributed by atoms with Crippen LogP contribution in [0.15, 0.2) is 29.6 Å². The van der Waals surface area contributed by atoms with Crippen LogP contribution in [0, 0.1) is 13.8 Å². The van der Waals surface area contributed by atoms with Gasteiger partial charge in [-0.1, -0.05) is 12.1 Å². The first-order chi connectivity index (χ1) is 9.70. The van der Waals surface area contributed by atoms with E-state index >= 15 is 0 Å². The molecule has 5 heteroatoms. The van der Waals surface area contributed by atoms with Crippen molar-refractivity contribution in [2.75, 3.05) is 12.4 Å². The first kappa shape index (κ1) is 13.0. The minimum absolute atomic E-state index is 0.727. The molecule has 0 amide bonds. The molecule has 4 nitrogen and oxygen atoms in total. The Hall–Kier alpha value is -2.01. The number of nitrogens with one attached hydrogen (secondary N) is 1. The molecule has 0 aliphatic rings. The van der Waals surface area contributed by atoms with E-state index in [1.807, 2.05) is 24.3 Å². The number of rotatable bonds is 4. The van der Waals surface area contributed by atoms with Crippen LogP contribution in [0.25, 0.3) is 4.96 Å². The summed E-state index contributed by atoms with van der Waals surface area (Å²) >= 11 is 1.68. The fraction of sp³-hybridized carbons (Fsp3) is 0.267. The maximum atomic E-state index is 5.36. The van der Waals surface area contributed by atoms with Crippen LogP contribution in [-0.4, -0.2) is 16.5 Å². The lowest BCUT2D eigenvalue weighted by molar-refractivity contribution is 0.416. The number of para-hydroxylation sites is 2. The number of benzene rings is 1. The summed E-state index contributed by atoms with van der Waals surface area (Å²) in [5, 5.41) is 5.57. The smallest absolute Gasteiger partial charge is 0.194 e. The van der Waals surface area contributed by atoms with Gasteiger partial charge in [-0.25, -0.2) is 4.98 Å². The van der Waals surface area contributed by atoms with Crippen LogP contribution < -0.4 is 10.1 Å². The third-order valence-corrected chi connectivity index (χ3v) is 4.33. The number of imidazole rings is 1. The molecule has 0 saturated carbocycles. The van der Waals surface area contributed by atoms with Crippen LogP contribution in [-0.2, 0) is 6.54 Å². The fourth-order valence-corrected chi connectivity index (χ4v) is 3.28.